The molecule has 1 aliphatic carbocycles. The molecule has 21 heavy (non-hydrogen) atoms. The van der Waals surface area contributed by atoms with E-state index >= 15 is 0 Å². The standard InChI is InChI=1S/C18H29NO2/c1-14-7-6-10-18(11-14)21-13-17(20)12-19-15(2)16-8-4-3-5-9-16/h3-5,8-9,14-15,17-20H,6-7,10-13H2,1-2H3/t14?,15-,17?,18?/m0/s1. The van der Waals surface area contributed by atoms with E-state index < -0.39 is 6.10 Å². The Balaban J connectivity index is 1.64. The number of aliphatic hydroxyl groups excluding tert-OH is 1. The van der Waals surface area contributed by atoms with Gasteiger partial charge in [-0.1, -0.05) is 50.1 Å². The van der Waals surface area contributed by atoms with Gasteiger partial charge in [0, 0.05) is 12.6 Å². The van der Waals surface area contributed by atoms with Crippen LogP contribution in [0.4, 0.5) is 0 Å². The molecule has 1 fully saturated rings. The molecule has 0 aliphatic heterocycles. The normalized spacial score (nSPS) is 25.5. The van der Waals surface area contributed by atoms with Gasteiger partial charge in [0.05, 0.1) is 18.8 Å². The zero-order chi connectivity index (χ0) is 15.1. The Morgan fingerprint density at radius 1 is 1.29 bits per heavy atom. The molecule has 4 atom stereocenters. The first-order valence-electron chi connectivity index (χ1n) is 8.23. The molecule has 3 unspecified atom stereocenters. The monoisotopic (exact) mass is 291 g/mol. The van der Waals surface area contributed by atoms with Crippen molar-refractivity contribution in [1.29, 1.82) is 0 Å². The summed E-state index contributed by atoms with van der Waals surface area (Å²) in [5.41, 5.74) is 1.24. The van der Waals surface area contributed by atoms with E-state index in [2.05, 4.69) is 31.3 Å². The van der Waals surface area contributed by atoms with Gasteiger partial charge in [-0.15, -0.1) is 0 Å². The van der Waals surface area contributed by atoms with Crippen LogP contribution in [0, 0.1) is 5.92 Å². The van der Waals surface area contributed by atoms with Gasteiger partial charge in [0.1, 0.15) is 0 Å². The van der Waals surface area contributed by atoms with Gasteiger partial charge < -0.3 is 15.2 Å². The largest absolute Gasteiger partial charge is 0.389 e. The molecule has 0 bridgehead atoms. The first-order chi connectivity index (χ1) is 10.1. The number of benzene rings is 1. The number of hydrogen-bond acceptors (Lipinski definition) is 3. The van der Waals surface area contributed by atoms with Crippen molar-refractivity contribution in [2.75, 3.05) is 13.2 Å². The molecule has 3 heteroatoms. The van der Waals surface area contributed by atoms with Crippen molar-refractivity contribution < 1.29 is 9.84 Å². The maximum Gasteiger partial charge on any atom is 0.0898 e. The van der Waals surface area contributed by atoms with E-state index in [0.29, 0.717) is 19.3 Å². The Labute approximate surface area is 128 Å². The second-order valence-electron chi connectivity index (χ2n) is 6.42. The molecule has 2 rings (SSSR count). The molecule has 118 valence electrons. The number of hydrogen-bond donors (Lipinski definition) is 2. The fraction of sp³-hybridized carbons (Fsp3) is 0.667. The summed E-state index contributed by atoms with van der Waals surface area (Å²) >= 11 is 0. The van der Waals surface area contributed by atoms with E-state index in [-0.39, 0.29) is 6.04 Å². The molecule has 0 saturated heterocycles. The number of nitrogens with one attached hydrogen (secondary N) is 1. The molecule has 0 spiro atoms. The Kier molecular flexibility index (Phi) is 6.68. The van der Waals surface area contributed by atoms with E-state index in [1.54, 1.807) is 0 Å². The summed E-state index contributed by atoms with van der Waals surface area (Å²) in [4.78, 5) is 0. The van der Waals surface area contributed by atoms with Gasteiger partial charge in [-0.05, 0) is 31.2 Å². The molecule has 2 N–H and O–H groups in total. The lowest BCUT2D eigenvalue weighted by atomic mass is 9.89. The van der Waals surface area contributed by atoms with Gasteiger partial charge >= 0.3 is 0 Å². The Morgan fingerprint density at radius 2 is 2.05 bits per heavy atom. The molecule has 1 aromatic rings. The minimum absolute atomic E-state index is 0.246. The van der Waals surface area contributed by atoms with Crippen molar-refractivity contribution in [3.8, 4) is 0 Å². The van der Waals surface area contributed by atoms with Crippen molar-refractivity contribution in [3.63, 3.8) is 0 Å². The topological polar surface area (TPSA) is 41.5 Å². The highest BCUT2D eigenvalue weighted by atomic mass is 16.5. The van der Waals surface area contributed by atoms with E-state index in [1.807, 2.05) is 18.2 Å². The highest BCUT2D eigenvalue weighted by Gasteiger charge is 2.20. The maximum atomic E-state index is 10.1. The second-order valence-corrected chi connectivity index (χ2v) is 6.42. The average molecular weight is 291 g/mol. The van der Waals surface area contributed by atoms with Crippen LogP contribution in [0.5, 0.6) is 0 Å². The molecule has 1 aliphatic rings. The van der Waals surface area contributed by atoms with E-state index in [0.717, 1.165) is 18.8 Å². The SMILES string of the molecule is CC1CCCC(OCC(O)CN[C@@H](C)c2ccccc2)C1. The fourth-order valence-electron chi connectivity index (χ4n) is 3.01. The number of aliphatic hydroxyl groups is 1. The Bertz CT molecular complexity index is 395. The summed E-state index contributed by atoms with van der Waals surface area (Å²) in [6, 6.07) is 10.5. The molecular formula is C18H29NO2. The third kappa shape index (κ3) is 5.77. The molecule has 3 nitrogen and oxygen atoms in total. The summed E-state index contributed by atoms with van der Waals surface area (Å²) < 4.78 is 5.86. The van der Waals surface area contributed by atoms with Crippen molar-refractivity contribution in [1.82, 2.24) is 5.32 Å². The second kappa shape index (κ2) is 8.52. The third-order valence-electron chi connectivity index (χ3n) is 4.37. The summed E-state index contributed by atoms with van der Waals surface area (Å²) in [7, 11) is 0. The van der Waals surface area contributed by atoms with Crippen LogP contribution in [-0.4, -0.2) is 30.5 Å². The minimum atomic E-state index is -0.437. The molecule has 0 aromatic heterocycles. The lowest BCUT2D eigenvalue weighted by molar-refractivity contribution is -0.0310. The Hall–Kier alpha value is -0.900. The number of rotatable bonds is 7. The first-order valence-corrected chi connectivity index (χ1v) is 8.23. The van der Waals surface area contributed by atoms with Gasteiger partial charge in [0.15, 0.2) is 0 Å². The van der Waals surface area contributed by atoms with Gasteiger partial charge in [-0.3, -0.25) is 0 Å². The molecule has 0 heterocycles. The van der Waals surface area contributed by atoms with Crippen LogP contribution in [0.1, 0.15) is 51.1 Å². The minimum Gasteiger partial charge on any atom is -0.389 e. The van der Waals surface area contributed by atoms with Gasteiger partial charge in [0.2, 0.25) is 0 Å². The maximum absolute atomic E-state index is 10.1. The summed E-state index contributed by atoms with van der Waals surface area (Å²) in [5.74, 6) is 0.761. The molecule has 1 saturated carbocycles. The zero-order valence-electron chi connectivity index (χ0n) is 13.3. The van der Waals surface area contributed by atoms with Crippen LogP contribution in [0.3, 0.4) is 0 Å². The van der Waals surface area contributed by atoms with E-state index in [1.165, 1.54) is 18.4 Å². The summed E-state index contributed by atoms with van der Waals surface area (Å²) in [5, 5.41) is 13.4. The smallest absolute Gasteiger partial charge is 0.0898 e. The van der Waals surface area contributed by atoms with Crippen molar-refractivity contribution in [2.45, 2.75) is 57.8 Å². The summed E-state index contributed by atoms with van der Waals surface area (Å²) in [6.45, 7) is 5.41. The summed E-state index contributed by atoms with van der Waals surface area (Å²) in [6.07, 6.45) is 4.76. The van der Waals surface area contributed by atoms with Crippen LogP contribution in [-0.2, 0) is 4.74 Å². The van der Waals surface area contributed by atoms with Gasteiger partial charge in [-0.2, -0.15) is 0 Å². The quantitative estimate of drug-likeness (QED) is 0.810. The predicted octanol–water partition coefficient (Wildman–Crippen LogP) is 3.29. The van der Waals surface area contributed by atoms with Crippen molar-refractivity contribution in [2.24, 2.45) is 5.92 Å². The highest BCUT2D eigenvalue weighted by Crippen LogP contribution is 2.25. The lowest BCUT2D eigenvalue weighted by Crippen LogP contribution is -2.34. The van der Waals surface area contributed by atoms with Crippen LogP contribution < -0.4 is 5.32 Å². The van der Waals surface area contributed by atoms with Crippen LogP contribution in [0.15, 0.2) is 30.3 Å². The molecule has 0 amide bonds. The number of ether oxygens (including phenoxy) is 1. The first kappa shape index (κ1) is 16.5. The third-order valence-corrected chi connectivity index (χ3v) is 4.37. The predicted molar refractivity (Wildman–Crippen MR) is 86.2 cm³/mol. The Morgan fingerprint density at radius 3 is 2.76 bits per heavy atom. The fourth-order valence-corrected chi connectivity index (χ4v) is 3.01. The van der Waals surface area contributed by atoms with Crippen LogP contribution in [0.2, 0.25) is 0 Å². The van der Waals surface area contributed by atoms with E-state index in [9.17, 15) is 5.11 Å². The van der Waals surface area contributed by atoms with Crippen LogP contribution in [0.25, 0.3) is 0 Å². The van der Waals surface area contributed by atoms with Crippen molar-refractivity contribution in [3.05, 3.63) is 35.9 Å². The van der Waals surface area contributed by atoms with E-state index in [4.69, 9.17) is 4.74 Å². The molecule has 1 aromatic carbocycles. The average Bonchev–Trinajstić information content (AvgIpc) is 2.51. The van der Waals surface area contributed by atoms with Crippen molar-refractivity contribution >= 4 is 0 Å². The molecular weight excluding hydrogens is 262 g/mol. The lowest BCUT2D eigenvalue weighted by Gasteiger charge is -2.28. The molecule has 0 radical (unpaired) electrons. The van der Waals surface area contributed by atoms with Crippen LogP contribution >= 0.6 is 0 Å². The van der Waals surface area contributed by atoms with Gasteiger partial charge in [-0.25, -0.2) is 0 Å². The zero-order valence-corrected chi connectivity index (χ0v) is 13.3. The van der Waals surface area contributed by atoms with Gasteiger partial charge in [0.25, 0.3) is 0 Å². The highest BCUT2D eigenvalue weighted by molar-refractivity contribution is 5.17.